The number of anilines is 1. The van der Waals surface area contributed by atoms with Crippen LogP contribution >= 0.6 is 0 Å². The molecule has 2 aromatic rings. The number of allylic oxidation sites excluding steroid dienone is 2. The molecule has 0 unspecified atom stereocenters. The third-order valence-corrected chi connectivity index (χ3v) is 4.76. The molecule has 0 saturated heterocycles. The summed E-state index contributed by atoms with van der Waals surface area (Å²) in [5.41, 5.74) is 7.57. The van der Waals surface area contributed by atoms with Gasteiger partial charge >= 0.3 is 0 Å². The Hall–Kier alpha value is -2.35. The summed E-state index contributed by atoms with van der Waals surface area (Å²) >= 11 is 0. The number of aliphatic imine (C=N–C) groups is 1. The lowest BCUT2D eigenvalue weighted by atomic mass is 9.96. The second-order valence-electron chi connectivity index (χ2n) is 7.08. The van der Waals surface area contributed by atoms with Crippen molar-refractivity contribution in [2.24, 2.45) is 4.99 Å². The first-order valence-electron chi connectivity index (χ1n) is 9.29. The first-order chi connectivity index (χ1) is 12.1. The van der Waals surface area contributed by atoms with Gasteiger partial charge in [0.1, 0.15) is 0 Å². The van der Waals surface area contributed by atoms with E-state index in [1.165, 1.54) is 40.2 Å². The second kappa shape index (κ2) is 8.15. The van der Waals surface area contributed by atoms with E-state index in [4.69, 9.17) is 4.99 Å². The fourth-order valence-electron chi connectivity index (χ4n) is 3.30. The van der Waals surface area contributed by atoms with E-state index in [1.807, 2.05) is 0 Å². The molecule has 3 rings (SSSR count). The number of aryl methyl sites for hydroxylation is 1. The third kappa shape index (κ3) is 4.39. The smallest absolute Gasteiger partial charge is 0.0643 e. The van der Waals surface area contributed by atoms with Crippen molar-refractivity contribution in [3.05, 3.63) is 77.0 Å². The van der Waals surface area contributed by atoms with Crippen LogP contribution in [-0.4, -0.2) is 5.71 Å². The minimum atomic E-state index is 0.497. The van der Waals surface area contributed by atoms with Crippen molar-refractivity contribution in [3.8, 4) is 0 Å². The Morgan fingerprint density at radius 3 is 2.60 bits per heavy atom. The Morgan fingerprint density at radius 2 is 1.84 bits per heavy atom. The fourth-order valence-corrected chi connectivity index (χ4v) is 3.30. The van der Waals surface area contributed by atoms with Crippen LogP contribution in [0.5, 0.6) is 0 Å². The van der Waals surface area contributed by atoms with Gasteiger partial charge in [0.2, 0.25) is 0 Å². The lowest BCUT2D eigenvalue weighted by Crippen LogP contribution is -2.17. The monoisotopic (exact) mass is 332 g/mol. The van der Waals surface area contributed by atoms with Crippen LogP contribution in [-0.2, 0) is 6.54 Å². The van der Waals surface area contributed by atoms with Gasteiger partial charge in [-0.15, -0.1) is 0 Å². The molecule has 0 atom stereocenters. The van der Waals surface area contributed by atoms with Crippen molar-refractivity contribution in [2.45, 2.75) is 52.5 Å². The van der Waals surface area contributed by atoms with Crippen LogP contribution in [0.15, 0.2) is 65.3 Å². The van der Waals surface area contributed by atoms with Gasteiger partial charge in [0, 0.05) is 5.69 Å². The lowest BCUT2D eigenvalue weighted by Gasteiger charge is -2.22. The minimum absolute atomic E-state index is 0.497. The van der Waals surface area contributed by atoms with Crippen LogP contribution in [0.3, 0.4) is 0 Å². The maximum Gasteiger partial charge on any atom is 0.0643 e. The van der Waals surface area contributed by atoms with Crippen LogP contribution < -0.4 is 5.32 Å². The summed E-state index contributed by atoms with van der Waals surface area (Å²) in [7, 11) is 0. The van der Waals surface area contributed by atoms with E-state index in [0.717, 1.165) is 19.4 Å². The highest BCUT2D eigenvalue weighted by molar-refractivity contribution is 6.03. The summed E-state index contributed by atoms with van der Waals surface area (Å²) in [5.74, 6) is 0.497. The van der Waals surface area contributed by atoms with E-state index in [0.29, 0.717) is 5.92 Å². The first-order valence-corrected chi connectivity index (χ1v) is 9.29. The zero-order valence-corrected chi connectivity index (χ0v) is 15.5. The van der Waals surface area contributed by atoms with Crippen molar-refractivity contribution in [1.29, 1.82) is 0 Å². The Morgan fingerprint density at radius 1 is 1.04 bits per heavy atom. The summed E-state index contributed by atoms with van der Waals surface area (Å²) < 4.78 is 0. The predicted molar refractivity (Wildman–Crippen MR) is 108 cm³/mol. The van der Waals surface area contributed by atoms with Crippen LogP contribution in [0.1, 0.15) is 55.7 Å². The molecule has 0 spiro atoms. The molecule has 0 aliphatic heterocycles. The van der Waals surface area contributed by atoms with Crippen molar-refractivity contribution in [2.75, 3.05) is 5.32 Å². The van der Waals surface area contributed by atoms with Crippen LogP contribution in [0.25, 0.3) is 0 Å². The van der Waals surface area contributed by atoms with Crippen molar-refractivity contribution < 1.29 is 0 Å². The predicted octanol–water partition coefficient (Wildman–Crippen LogP) is 6.24. The molecule has 130 valence electrons. The number of nitrogens with zero attached hydrogens (tertiary/aromatic N) is 1. The molecule has 0 fully saturated rings. The highest BCUT2D eigenvalue weighted by Gasteiger charge is 2.15. The summed E-state index contributed by atoms with van der Waals surface area (Å²) in [4.78, 5) is 4.92. The van der Waals surface area contributed by atoms with Crippen LogP contribution in [0.2, 0.25) is 0 Å². The van der Waals surface area contributed by atoms with Gasteiger partial charge < -0.3 is 5.32 Å². The highest BCUT2D eigenvalue weighted by Crippen LogP contribution is 2.30. The standard InChI is InChI=1S/C23H28N2/c1-17(2)20-13-9-10-18(3)23(20)25-22-15-8-7-14-21(22)24-16-19-11-5-4-6-12-19/h4-6,9-13,15,17,25H,7-8,14,16H2,1-3H3. The molecule has 2 heteroatoms. The van der Waals surface area contributed by atoms with Crippen molar-refractivity contribution >= 4 is 11.4 Å². The number of hydrogen-bond donors (Lipinski definition) is 1. The van der Waals surface area contributed by atoms with Gasteiger partial charge in [-0.1, -0.05) is 68.5 Å². The quantitative estimate of drug-likeness (QED) is 0.688. The van der Waals surface area contributed by atoms with E-state index in [9.17, 15) is 0 Å². The maximum absolute atomic E-state index is 4.92. The van der Waals surface area contributed by atoms with E-state index in [-0.39, 0.29) is 0 Å². The van der Waals surface area contributed by atoms with Gasteiger partial charge in [-0.05, 0) is 48.8 Å². The fraction of sp³-hybridized carbons (Fsp3) is 0.348. The van der Waals surface area contributed by atoms with Crippen molar-refractivity contribution in [3.63, 3.8) is 0 Å². The van der Waals surface area contributed by atoms with E-state index < -0.39 is 0 Å². The summed E-state index contributed by atoms with van der Waals surface area (Å²) in [6.45, 7) is 7.43. The highest BCUT2D eigenvalue weighted by atomic mass is 14.9. The van der Waals surface area contributed by atoms with Gasteiger partial charge in [-0.3, -0.25) is 4.99 Å². The molecule has 25 heavy (non-hydrogen) atoms. The Labute approximate surface area is 151 Å². The number of benzene rings is 2. The number of para-hydroxylation sites is 1. The number of nitrogens with one attached hydrogen (secondary N) is 1. The minimum Gasteiger partial charge on any atom is -0.354 e. The molecule has 0 aromatic heterocycles. The Kier molecular flexibility index (Phi) is 5.70. The van der Waals surface area contributed by atoms with Crippen molar-refractivity contribution in [1.82, 2.24) is 0 Å². The Bertz CT molecular complexity index is 770. The molecule has 0 bridgehead atoms. The molecule has 1 aliphatic carbocycles. The molecule has 0 saturated carbocycles. The maximum atomic E-state index is 4.92. The number of rotatable bonds is 5. The summed E-state index contributed by atoms with van der Waals surface area (Å²) in [6.07, 6.45) is 5.66. The zero-order chi connectivity index (χ0) is 17.6. The van der Waals surface area contributed by atoms with Gasteiger partial charge in [0.25, 0.3) is 0 Å². The van der Waals surface area contributed by atoms with E-state index in [1.54, 1.807) is 0 Å². The molecular weight excluding hydrogens is 304 g/mol. The zero-order valence-electron chi connectivity index (χ0n) is 15.5. The first kappa shape index (κ1) is 17.5. The molecule has 1 N–H and O–H groups in total. The average molecular weight is 332 g/mol. The molecular formula is C23H28N2. The summed E-state index contributed by atoms with van der Waals surface area (Å²) in [6, 6.07) is 17.0. The summed E-state index contributed by atoms with van der Waals surface area (Å²) in [5, 5.41) is 3.72. The molecule has 1 aliphatic rings. The number of hydrogen-bond acceptors (Lipinski definition) is 2. The van der Waals surface area contributed by atoms with Gasteiger partial charge in [0.15, 0.2) is 0 Å². The van der Waals surface area contributed by atoms with Crippen LogP contribution in [0, 0.1) is 6.92 Å². The SMILES string of the molecule is Cc1cccc(C(C)C)c1NC1=CCCCC1=NCc1ccccc1. The third-order valence-electron chi connectivity index (χ3n) is 4.76. The van der Waals surface area contributed by atoms with Crippen LogP contribution in [0.4, 0.5) is 5.69 Å². The largest absolute Gasteiger partial charge is 0.354 e. The second-order valence-corrected chi connectivity index (χ2v) is 7.08. The topological polar surface area (TPSA) is 24.4 Å². The molecule has 0 radical (unpaired) electrons. The normalized spacial score (nSPS) is 16.2. The molecule has 0 heterocycles. The molecule has 0 amide bonds. The molecule has 2 nitrogen and oxygen atoms in total. The average Bonchev–Trinajstić information content (AvgIpc) is 2.63. The Balaban J connectivity index is 1.84. The van der Waals surface area contributed by atoms with Gasteiger partial charge in [-0.25, -0.2) is 0 Å². The molecule has 2 aromatic carbocycles. The van der Waals surface area contributed by atoms with E-state index >= 15 is 0 Å². The van der Waals surface area contributed by atoms with E-state index in [2.05, 4.69) is 80.7 Å². The lowest BCUT2D eigenvalue weighted by molar-refractivity contribution is 0.852. The van der Waals surface area contributed by atoms with Gasteiger partial charge in [0.05, 0.1) is 18.0 Å². The van der Waals surface area contributed by atoms with Gasteiger partial charge in [-0.2, -0.15) is 0 Å².